The van der Waals surface area contributed by atoms with Crippen LogP contribution in [-0.4, -0.2) is 48.0 Å². The maximum Gasteiger partial charge on any atom is 0.253 e. The number of hydrogen-bond donors (Lipinski definition) is 2. The normalized spacial score (nSPS) is 26.2. The van der Waals surface area contributed by atoms with Gasteiger partial charge in [-0.15, -0.1) is 0 Å². The van der Waals surface area contributed by atoms with E-state index in [9.17, 15) is 4.79 Å². The monoisotopic (exact) mass is 260 g/mol. The van der Waals surface area contributed by atoms with E-state index in [1.165, 1.54) is 19.4 Å². The highest BCUT2D eigenvalue weighted by Gasteiger charge is 2.37. The molecule has 2 saturated heterocycles. The van der Waals surface area contributed by atoms with E-state index in [4.69, 9.17) is 0 Å². The van der Waals surface area contributed by atoms with Crippen molar-refractivity contribution < 1.29 is 4.79 Å². The summed E-state index contributed by atoms with van der Waals surface area (Å²) in [6.07, 6.45) is 5.16. The molecular weight excluding hydrogens is 240 g/mol. The minimum Gasteiger partial charge on any atom is -0.373 e. The molecule has 2 N–H and O–H groups in total. The first-order valence-corrected chi connectivity index (χ1v) is 6.96. The van der Waals surface area contributed by atoms with E-state index in [2.05, 4.69) is 20.5 Å². The highest BCUT2D eigenvalue weighted by atomic mass is 16.1. The van der Waals surface area contributed by atoms with Gasteiger partial charge in [-0.3, -0.25) is 9.69 Å². The summed E-state index contributed by atoms with van der Waals surface area (Å²) in [6, 6.07) is 4.49. The van der Waals surface area contributed by atoms with E-state index < -0.39 is 0 Å². The van der Waals surface area contributed by atoms with Crippen LogP contribution in [0, 0.1) is 0 Å². The van der Waals surface area contributed by atoms with Gasteiger partial charge in [0.1, 0.15) is 5.82 Å². The lowest BCUT2D eigenvalue weighted by atomic mass is 10.1. The number of anilines is 1. The molecule has 3 heterocycles. The van der Waals surface area contributed by atoms with Gasteiger partial charge in [0.2, 0.25) is 0 Å². The Bertz CT molecular complexity index is 459. The van der Waals surface area contributed by atoms with Crippen LogP contribution in [0.3, 0.4) is 0 Å². The van der Waals surface area contributed by atoms with Crippen molar-refractivity contribution in [2.24, 2.45) is 0 Å². The molecule has 1 aromatic rings. The molecule has 0 aromatic carbocycles. The maximum atomic E-state index is 12.2. The van der Waals surface area contributed by atoms with Crippen LogP contribution in [0.1, 0.15) is 29.6 Å². The summed E-state index contributed by atoms with van der Waals surface area (Å²) in [5, 5.41) is 6.11. The van der Waals surface area contributed by atoms with Gasteiger partial charge in [0, 0.05) is 31.9 Å². The molecule has 2 aliphatic heterocycles. The van der Waals surface area contributed by atoms with Crippen molar-refractivity contribution in [2.75, 3.05) is 25.5 Å². The Hall–Kier alpha value is -1.62. The molecule has 0 aliphatic carbocycles. The Labute approximate surface area is 113 Å². The van der Waals surface area contributed by atoms with Crippen LogP contribution >= 0.6 is 0 Å². The predicted octanol–water partition coefficient (Wildman–Crippen LogP) is 1.09. The first kappa shape index (κ1) is 12.4. The third-order valence-electron chi connectivity index (χ3n) is 4.20. The third kappa shape index (κ3) is 2.42. The second-order valence-electron chi connectivity index (χ2n) is 5.30. The molecule has 2 fully saturated rings. The standard InChI is InChI=1S/C14H20N4O/c1-15-13-5-4-10(9-16-13)14(19)17-11-6-8-18-7-2-3-12(11)18/h4-5,9,11-12H,2-3,6-8H2,1H3,(H,15,16)(H,17,19). The molecule has 102 valence electrons. The molecule has 2 unspecified atom stereocenters. The number of pyridine rings is 1. The first-order valence-electron chi connectivity index (χ1n) is 6.96. The third-order valence-corrected chi connectivity index (χ3v) is 4.20. The molecule has 2 atom stereocenters. The average molecular weight is 260 g/mol. The van der Waals surface area contributed by atoms with Crippen LogP contribution in [-0.2, 0) is 0 Å². The van der Waals surface area contributed by atoms with Crippen molar-refractivity contribution in [3.8, 4) is 0 Å². The molecule has 0 saturated carbocycles. The molecule has 0 spiro atoms. The van der Waals surface area contributed by atoms with E-state index in [-0.39, 0.29) is 5.91 Å². The van der Waals surface area contributed by atoms with Gasteiger partial charge >= 0.3 is 0 Å². The highest BCUT2D eigenvalue weighted by Crippen LogP contribution is 2.28. The zero-order valence-electron chi connectivity index (χ0n) is 11.2. The lowest BCUT2D eigenvalue weighted by Gasteiger charge is -2.21. The zero-order chi connectivity index (χ0) is 13.2. The van der Waals surface area contributed by atoms with E-state index in [1.54, 1.807) is 6.20 Å². The highest BCUT2D eigenvalue weighted by molar-refractivity contribution is 5.94. The van der Waals surface area contributed by atoms with Crippen molar-refractivity contribution in [1.82, 2.24) is 15.2 Å². The summed E-state index contributed by atoms with van der Waals surface area (Å²) in [5.74, 6) is 0.772. The van der Waals surface area contributed by atoms with Crippen molar-refractivity contribution in [3.05, 3.63) is 23.9 Å². The van der Waals surface area contributed by atoms with Gasteiger partial charge in [0.05, 0.1) is 5.56 Å². The second kappa shape index (κ2) is 5.17. The molecule has 0 radical (unpaired) electrons. The van der Waals surface area contributed by atoms with Gasteiger partial charge in [-0.1, -0.05) is 0 Å². The minimum absolute atomic E-state index is 0.00565. The van der Waals surface area contributed by atoms with Crippen molar-refractivity contribution >= 4 is 11.7 Å². The number of aromatic nitrogens is 1. The Kier molecular flexibility index (Phi) is 3.38. The summed E-state index contributed by atoms with van der Waals surface area (Å²) in [6.45, 7) is 2.31. The number of hydrogen-bond acceptors (Lipinski definition) is 4. The zero-order valence-corrected chi connectivity index (χ0v) is 11.2. The maximum absolute atomic E-state index is 12.2. The number of carbonyl (C=O) groups excluding carboxylic acids is 1. The van der Waals surface area contributed by atoms with E-state index in [1.807, 2.05) is 19.2 Å². The van der Waals surface area contributed by atoms with Gasteiger partial charge in [0.15, 0.2) is 0 Å². The molecule has 1 aromatic heterocycles. The van der Waals surface area contributed by atoms with Crippen molar-refractivity contribution in [3.63, 3.8) is 0 Å². The number of rotatable bonds is 3. The number of carbonyl (C=O) groups is 1. The van der Waals surface area contributed by atoms with Gasteiger partial charge in [-0.2, -0.15) is 0 Å². The number of amides is 1. The van der Waals surface area contributed by atoms with Crippen LogP contribution in [0.5, 0.6) is 0 Å². The Morgan fingerprint density at radius 1 is 1.37 bits per heavy atom. The molecule has 2 aliphatic rings. The summed E-state index contributed by atoms with van der Waals surface area (Å²) in [5.41, 5.74) is 0.635. The largest absolute Gasteiger partial charge is 0.373 e. The van der Waals surface area contributed by atoms with Crippen molar-refractivity contribution in [2.45, 2.75) is 31.3 Å². The summed E-state index contributed by atoms with van der Waals surface area (Å²) < 4.78 is 0. The van der Waals surface area contributed by atoms with Crippen LogP contribution < -0.4 is 10.6 Å². The summed E-state index contributed by atoms with van der Waals surface area (Å²) in [7, 11) is 1.81. The predicted molar refractivity (Wildman–Crippen MR) is 74.2 cm³/mol. The topological polar surface area (TPSA) is 57.3 Å². The molecular formula is C14H20N4O. The van der Waals surface area contributed by atoms with Crippen LogP contribution in [0.2, 0.25) is 0 Å². The number of nitrogens with zero attached hydrogens (tertiary/aromatic N) is 2. The molecule has 19 heavy (non-hydrogen) atoms. The minimum atomic E-state index is -0.00565. The fourth-order valence-corrected chi connectivity index (χ4v) is 3.18. The fraction of sp³-hybridized carbons (Fsp3) is 0.571. The molecule has 1 amide bonds. The molecule has 0 bridgehead atoms. The Morgan fingerprint density at radius 3 is 3.00 bits per heavy atom. The lowest BCUT2D eigenvalue weighted by Crippen LogP contribution is -2.42. The lowest BCUT2D eigenvalue weighted by molar-refractivity contribution is 0.0929. The van der Waals surface area contributed by atoms with Gasteiger partial charge in [-0.05, 0) is 37.9 Å². The van der Waals surface area contributed by atoms with E-state index in [0.717, 1.165) is 18.8 Å². The van der Waals surface area contributed by atoms with Crippen molar-refractivity contribution in [1.29, 1.82) is 0 Å². The summed E-state index contributed by atoms with van der Waals surface area (Å²) in [4.78, 5) is 18.9. The Morgan fingerprint density at radius 2 is 2.26 bits per heavy atom. The van der Waals surface area contributed by atoms with Crippen LogP contribution in [0.15, 0.2) is 18.3 Å². The quantitative estimate of drug-likeness (QED) is 0.854. The van der Waals surface area contributed by atoms with Gasteiger partial charge in [0.25, 0.3) is 5.91 Å². The number of fused-ring (bicyclic) bond motifs is 1. The molecule has 5 nitrogen and oxygen atoms in total. The second-order valence-corrected chi connectivity index (χ2v) is 5.30. The van der Waals surface area contributed by atoms with Crippen LogP contribution in [0.4, 0.5) is 5.82 Å². The average Bonchev–Trinajstić information content (AvgIpc) is 3.04. The van der Waals surface area contributed by atoms with Crippen LogP contribution in [0.25, 0.3) is 0 Å². The summed E-state index contributed by atoms with van der Waals surface area (Å²) >= 11 is 0. The SMILES string of the molecule is CNc1ccc(C(=O)NC2CCN3CCCC23)cn1. The smallest absolute Gasteiger partial charge is 0.253 e. The van der Waals surface area contributed by atoms with E-state index in [0.29, 0.717) is 17.6 Å². The number of nitrogens with one attached hydrogen (secondary N) is 2. The molecule has 5 heteroatoms. The fourth-order valence-electron chi connectivity index (χ4n) is 3.18. The first-order chi connectivity index (χ1) is 9.28. The Balaban J connectivity index is 1.64. The van der Waals surface area contributed by atoms with Gasteiger partial charge in [-0.25, -0.2) is 4.98 Å². The van der Waals surface area contributed by atoms with E-state index >= 15 is 0 Å². The molecule has 3 rings (SSSR count). The van der Waals surface area contributed by atoms with Gasteiger partial charge < -0.3 is 10.6 Å².